The zero-order chi connectivity index (χ0) is 14.2. The van der Waals surface area contributed by atoms with E-state index in [0.717, 1.165) is 17.5 Å². The number of benzene rings is 1. The number of β-amino-alcohol motifs (C(OH)–C–C–N with tert-alkyl or cyclic N) is 1. The van der Waals surface area contributed by atoms with Crippen molar-refractivity contribution in [3.05, 3.63) is 35.7 Å². The van der Waals surface area contributed by atoms with Gasteiger partial charge in [0.25, 0.3) is 0 Å². The lowest BCUT2D eigenvalue weighted by Gasteiger charge is -2.45. The Kier molecular flexibility index (Phi) is 3.31. The lowest BCUT2D eigenvalue weighted by Crippen LogP contribution is -2.60. The van der Waals surface area contributed by atoms with E-state index >= 15 is 0 Å². The molecular formula is C15H19N3O2. The summed E-state index contributed by atoms with van der Waals surface area (Å²) in [5, 5.41) is 14.0. The number of aryl methyl sites for hydroxylation is 1. The van der Waals surface area contributed by atoms with Crippen LogP contribution in [0.4, 0.5) is 0 Å². The summed E-state index contributed by atoms with van der Waals surface area (Å²) in [4.78, 5) is 6.55. The quantitative estimate of drug-likeness (QED) is 0.923. The Hall–Kier alpha value is -1.72. The maximum atomic E-state index is 9.98. The summed E-state index contributed by atoms with van der Waals surface area (Å²) in [5.41, 5.74) is 1.60. The maximum Gasteiger partial charge on any atom is 0.241 e. The molecule has 5 nitrogen and oxygen atoms in total. The average molecular weight is 273 g/mol. The van der Waals surface area contributed by atoms with E-state index < -0.39 is 5.60 Å². The summed E-state index contributed by atoms with van der Waals surface area (Å²) in [7, 11) is 0. The van der Waals surface area contributed by atoms with E-state index in [1.165, 1.54) is 0 Å². The van der Waals surface area contributed by atoms with Gasteiger partial charge in [-0.05, 0) is 18.9 Å². The highest BCUT2D eigenvalue weighted by Gasteiger charge is 2.39. The summed E-state index contributed by atoms with van der Waals surface area (Å²) < 4.78 is 5.30. The largest absolute Gasteiger partial charge is 0.387 e. The van der Waals surface area contributed by atoms with E-state index in [1.54, 1.807) is 0 Å². The van der Waals surface area contributed by atoms with Crippen molar-refractivity contribution in [3.8, 4) is 11.4 Å². The van der Waals surface area contributed by atoms with Crippen LogP contribution in [0.25, 0.3) is 11.4 Å². The molecule has 0 saturated carbocycles. The van der Waals surface area contributed by atoms with Crippen LogP contribution >= 0.6 is 0 Å². The minimum absolute atomic E-state index is 0.529. The number of hydrogen-bond donors (Lipinski definition) is 1. The van der Waals surface area contributed by atoms with Crippen LogP contribution in [0.3, 0.4) is 0 Å². The number of hydrogen-bond acceptors (Lipinski definition) is 5. The number of rotatable bonds is 4. The summed E-state index contributed by atoms with van der Waals surface area (Å²) in [5.74, 6) is 1.23. The summed E-state index contributed by atoms with van der Waals surface area (Å²) in [6.45, 7) is 5.97. The Morgan fingerprint density at radius 2 is 2.10 bits per heavy atom. The van der Waals surface area contributed by atoms with E-state index in [0.29, 0.717) is 31.3 Å². The fraction of sp³-hybridized carbons (Fsp3) is 0.467. The summed E-state index contributed by atoms with van der Waals surface area (Å²) >= 11 is 0. The average Bonchev–Trinajstić information content (AvgIpc) is 2.85. The number of aliphatic hydroxyl groups is 1. The van der Waals surface area contributed by atoms with Gasteiger partial charge in [0.05, 0.1) is 12.1 Å². The molecule has 20 heavy (non-hydrogen) atoms. The third kappa shape index (κ3) is 2.46. The SMILES string of the molecule is CCC1(O)CN(Cc2nc(-c3ccccc3C)no2)C1. The third-order valence-corrected chi connectivity index (χ3v) is 3.91. The van der Waals surface area contributed by atoms with Gasteiger partial charge in [0.15, 0.2) is 0 Å². The molecule has 0 aliphatic carbocycles. The predicted molar refractivity (Wildman–Crippen MR) is 75.0 cm³/mol. The first-order chi connectivity index (χ1) is 9.59. The second-order valence-corrected chi connectivity index (χ2v) is 5.55. The maximum absolute atomic E-state index is 9.98. The Balaban J connectivity index is 1.68. The zero-order valence-corrected chi connectivity index (χ0v) is 11.8. The molecule has 3 rings (SSSR count). The molecular weight excluding hydrogens is 254 g/mol. The van der Waals surface area contributed by atoms with Gasteiger partial charge in [-0.3, -0.25) is 4.90 Å². The van der Waals surface area contributed by atoms with Gasteiger partial charge in [0, 0.05) is 18.7 Å². The van der Waals surface area contributed by atoms with Crippen molar-refractivity contribution in [2.75, 3.05) is 13.1 Å². The minimum Gasteiger partial charge on any atom is -0.387 e. The molecule has 1 aliphatic rings. The first kappa shape index (κ1) is 13.3. The Morgan fingerprint density at radius 1 is 1.35 bits per heavy atom. The lowest BCUT2D eigenvalue weighted by molar-refractivity contribution is -0.106. The van der Waals surface area contributed by atoms with Crippen LogP contribution in [0.5, 0.6) is 0 Å². The van der Waals surface area contributed by atoms with Crippen molar-refractivity contribution in [2.45, 2.75) is 32.4 Å². The molecule has 0 atom stereocenters. The second kappa shape index (κ2) is 5.00. The Bertz CT molecular complexity index is 603. The molecule has 1 fully saturated rings. The van der Waals surface area contributed by atoms with E-state index in [-0.39, 0.29) is 0 Å². The summed E-state index contributed by atoms with van der Waals surface area (Å²) in [6.07, 6.45) is 0.780. The highest BCUT2D eigenvalue weighted by Crippen LogP contribution is 2.26. The van der Waals surface area contributed by atoms with Crippen LogP contribution in [-0.4, -0.2) is 38.8 Å². The molecule has 0 spiro atoms. The molecule has 1 N–H and O–H groups in total. The normalized spacial score (nSPS) is 17.9. The molecule has 0 unspecified atom stereocenters. The van der Waals surface area contributed by atoms with Gasteiger partial charge in [-0.1, -0.05) is 36.3 Å². The standard InChI is InChI=1S/C15H19N3O2/c1-3-15(19)9-18(10-15)8-13-16-14(17-20-13)12-7-5-4-6-11(12)2/h4-7,19H,3,8-10H2,1-2H3. The molecule has 0 bridgehead atoms. The molecule has 2 aromatic rings. The number of likely N-dealkylation sites (tertiary alicyclic amines) is 1. The van der Waals surface area contributed by atoms with E-state index in [4.69, 9.17) is 4.52 Å². The Morgan fingerprint density at radius 3 is 2.80 bits per heavy atom. The van der Waals surface area contributed by atoms with Gasteiger partial charge >= 0.3 is 0 Å². The van der Waals surface area contributed by atoms with Gasteiger partial charge in [0.1, 0.15) is 0 Å². The first-order valence-electron chi connectivity index (χ1n) is 6.93. The van der Waals surface area contributed by atoms with E-state index in [1.807, 2.05) is 38.1 Å². The minimum atomic E-state index is -0.529. The highest BCUT2D eigenvalue weighted by atomic mass is 16.5. The van der Waals surface area contributed by atoms with Crippen LogP contribution in [0, 0.1) is 6.92 Å². The van der Waals surface area contributed by atoms with Crippen molar-refractivity contribution in [3.63, 3.8) is 0 Å². The molecule has 0 amide bonds. The van der Waals surface area contributed by atoms with Gasteiger partial charge in [-0.2, -0.15) is 4.98 Å². The predicted octanol–water partition coefficient (Wildman–Crippen LogP) is 2.00. The fourth-order valence-electron chi connectivity index (χ4n) is 2.57. The van der Waals surface area contributed by atoms with Crippen molar-refractivity contribution in [1.82, 2.24) is 15.0 Å². The van der Waals surface area contributed by atoms with Crippen LogP contribution < -0.4 is 0 Å². The molecule has 1 saturated heterocycles. The van der Waals surface area contributed by atoms with Gasteiger partial charge in [-0.25, -0.2) is 0 Å². The summed E-state index contributed by atoms with van der Waals surface area (Å²) in [6, 6.07) is 7.98. The Labute approximate surface area is 118 Å². The van der Waals surface area contributed by atoms with Crippen molar-refractivity contribution in [1.29, 1.82) is 0 Å². The van der Waals surface area contributed by atoms with Crippen LogP contribution in [0.15, 0.2) is 28.8 Å². The molecule has 0 radical (unpaired) electrons. The second-order valence-electron chi connectivity index (χ2n) is 5.55. The van der Waals surface area contributed by atoms with E-state index in [9.17, 15) is 5.11 Å². The monoisotopic (exact) mass is 273 g/mol. The number of aromatic nitrogens is 2. The van der Waals surface area contributed by atoms with Gasteiger partial charge in [0.2, 0.25) is 11.7 Å². The van der Waals surface area contributed by atoms with Gasteiger partial charge < -0.3 is 9.63 Å². The lowest BCUT2D eigenvalue weighted by atomic mass is 9.91. The topological polar surface area (TPSA) is 62.4 Å². The zero-order valence-electron chi connectivity index (χ0n) is 11.8. The smallest absolute Gasteiger partial charge is 0.241 e. The third-order valence-electron chi connectivity index (χ3n) is 3.91. The first-order valence-corrected chi connectivity index (χ1v) is 6.93. The van der Waals surface area contributed by atoms with E-state index in [2.05, 4.69) is 15.0 Å². The van der Waals surface area contributed by atoms with Crippen molar-refractivity contribution < 1.29 is 9.63 Å². The van der Waals surface area contributed by atoms with Crippen LogP contribution in [0.2, 0.25) is 0 Å². The van der Waals surface area contributed by atoms with Gasteiger partial charge in [-0.15, -0.1) is 0 Å². The molecule has 1 aromatic heterocycles. The number of nitrogens with zero attached hydrogens (tertiary/aromatic N) is 3. The molecule has 5 heteroatoms. The molecule has 2 heterocycles. The highest BCUT2D eigenvalue weighted by molar-refractivity contribution is 5.58. The van der Waals surface area contributed by atoms with Crippen LogP contribution in [-0.2, 0) is 6.54 Å². The van der Waals surface area contributed by atoms with Crippen molar-refractivity contribution >= 4 is 0 Å². The van der Waals surface area contributed by atoms with Crippen molar-refractivity contribution in [2.24, 2.45) is 0 Å². The molecule has 1 aliphatic heterocycles. The fourth-order valence-corrected chi connectivity index (χ4v) is 2.57. The molecule has 106 valence electrons. The molecule has 1 aromatic carbocycles. The van der Waals surface area contributed by atoms with Crippen LogP contribution in [0.1, 0.15) is 24.8 Å².